The molecule has 0 atom stereocenters. The number of aromatic nitrogens is 1. The number of nitrogens with zero attached hydrogens (tertiary/aromatic N) is 1. The summed E-state index contributed by atoms with van der Waals surface area (Å²) in [6, 6.07) is 12.7. The van der Waals surface area contributed by atoms with Crippen LogP contribution in [0.2, 0.25) is 0 Å². The van der Waals surface area contributed by atoms with Crippen molar-refractivity contribution in [3.05, 3.63) is 48.0 Å². The topological polar surface area (TPSA) is 59.4 Å². The summed E-state index contributed by atoms with van der Waals surface area (Å²) in [7, 11) is 0. The van der Waals surface area contributed by atoms with Crippen molar-refractivity contribution in [3.63, 3.8) is 0 Å². The van der Waals surface area contributed by atoms with Crippen molar-refractivity contribution in [1.29, 1.82) is 0 Å². The normalized spacial score (nSPS) is 10.7. The zero-order valence-electron chi connectivity index (χ0n) is 11.4. The Kier molecular flexibility index (Phi) is 3.58. The number of hydrogen-bond donors (Lipinski definition) is 1. The van der Waals surface area contributed by atoms with E-state index in [1.807, 2.05) is 31.2 Å². The van der Waals surface area contributed by atoms with Gasteiger partial charge in [0.2, 0.25) is 0 Å². The van der Waals surface area contributed by atoms with Gasteiger partial charge in [-0.2, -0.15) is 0 Å². The first-order chi connectivity index (χ1) is 10.2. The molecule has 0 unspecified atom stereocenters. The van der Waals surface area contributed by atoms with Gasteiger partial charge >= 0.3 is 5.97 Å². The van der Waals surface area contributed by atoms with Crippen molar-refractivity contribution < 1.29 is 14.6 Å². The highest BCUT2D eigenvalue weighted by Gasteiger charge is 2.09. The van der Waals surface area contributed by atoms with Crippen molar-refractivity contribution in [2.24, 2.45) is 0 Å². The van der Waals surface area contributed by atoms with Gasteiger partial charge in [-0.25, -0.2) is 9.78 Å². The van der Waals surface area contributed by atoms with Crippen molar-refractivity contribution in [1.82, 2.24) is 4.98 Å². The number of fused-ring (bicyclic) bond motifs is 1. The van der Waals surface area contributed by atoms with Crippen LogP contribution in [0.5, 0.6) is 5.75 Å². The largest absolute Gasteiger partial charge is 0.494 e. The minimum absolute atomic E-state index is 0.282. The van der Waals surface area contributed by atoms with E-state index in [0.717, 1.165) is 26.5 Å². The van der Waals surface area contributed by atoms with Crippen LogP contribution in [0.25, 0.3) is 20.8 Å². The van der Waals surface area contributed by atoms with Gasteiger partial charge in [0.25, 0.3) is 0 Å². The monoisotopic (exact) mass is 299 g/mol. The fraction of sp³-hybridized carbons (Fsp3) is 0.125. The van der Waals surface area contributed by atoms with Crippen LogP contribution >= 0.6 is 11.3 Å². The summed E-state index contributed by atoms with van der Waals surface area (Å²) in [5.41, 5.74) is 2.09. The molecule has 4 nitrogen and oxygen atoms in total. The fourth-order valence-corrected chi connectivity index (χ4v) is 3.05. The highest BCUT2D eigenvalue weighted by molar-refractivity contribution is 7.21. The molecule has 5 heteroatoms. The molecule has 21 heavy (non-hydrogen) atoms. The predicted molar refractivity (Wildman–Crippen MR) is 83.2 cm³/mol. The summed E-state index contributed by atoms with van der Waals surface area (Å²) in [5.74, 6) is -0.0940. The number of aromatic carboxylic acids is 1. The summed E-state index contributed by atoms with van der Waals surface area (Å²) in [4.78, 5) is 15.5. The maximum absolute atomic E-state index is 11.0. The molecule has 0 aliphatic heterocycles. The van der Waals surface area contributed by atoms with Crippen LogP contribution in [0, 0.1) is 0 Å². The Balaban J connectivity index is 1.98. The molecule has 0 saturated heterocycles. The Labute approximate surface area is 125 Å². The first-order valence-electron chi connectivity index (χ1n) is 6.54. The molecule has 2 aromatic carbocycles. The highest BCUT2D eigenvalue weighted by atomic mass is 32.1. The summed E-state index contributed by atoms with van der Waals surface area (Å²) in [6.45, 7) is 2.58. The number of carboxylic acid groups (broad SMARTS) is 1. The predicted octanol–water partition coefficient (Wildman–Crippen LogP) is 4.06. The zero-order valence-corrected chi connectivity index (χ0v) is 12.2. The van der Waals surface area contributed by atoms with Gasteiger partial charge in [0, 0.05) is 5.56 Å². The molecule has 3 rings (SSSR count). The zero-order chi connectivity index (χ0) is 14.8. The molecule has 3 aromatic rings. The van der Waals surface area contributed by atoms with E-state index < -0.39 is 5.97 Å². The highest BCUT2D eigenvalue weighted by Crippen LogP contribution is 2.31. The number of benzene rings is 2. The van der Waals surface area contributed by atoms with Gasteiger partial charge in [0.05, 0.1) is 22.4 Å². The molecule has 1 aromatic heterocycles. The van der Waals surface area contributed by atoms with Gasteiger partial charge in [-0.1, -0.05) is 0 Å². The van der Waals surface area contributed by atoms with Crippen LogP contribution < -0.4 is 4.74 Å². The van der Waals surface area contributed by atoms with Crippen LogP contribution in [0.4, 0.5) is 0 Å². The Bertz CT molecular complexity index is 793. The van der Waals surface area contributed by atoms with Gasteiger partial charge in [0.1, 0.15) is 10.8 Å². The third-order valence-corrected chi connectivity index (χ3v) is 4.11. The number of hydrogen-bond acceptors (Lipinski definition) is 4. The van der Waals surface area contributed by atoms with Crippen molar-refractivity contribution in [3.8, 4) is 16.3 Å². The molecular weight excluding hydrogens is 286 g/mol. The molecule has 0 saturated carbocycles. The van der Waals surface area contributed by atoms with Gasteiger partial charge in [0.15, 0.2) is 0 Å². The molecule has 0 aliphatic rings. The van der Waals surface area contributed by atoms with Crippen LogP contribution in [-0.4, -0.2) is 22.7 Å². The minimum Gasteiger partial charge on any atom is -0.494 e. The van der Waals surface area contributed by atoms with E-state index in [1.54, 1.807) is 18.2 Å². The molecule has 106 valence electrons. The fourth-order valence-electron chi connectivity index (χ4n) is 2.04. The average molecular weight is 299 g/mol. The second-order valence-electron chi connectivity index (χ2n) is 4.46. The van der Waals surface area contributed by atoms with Crippen LogP contribution in [0.1, 0.15) is 17.3 Å². The van der Waals surface area contributed by atoms with Gasteiger partial charge in [-0.05, 0) is 49.4 Å². The third-order valence-electron chi connectivity index (χ3n) is 3.05. The SMILES string of the molecule is CCOc1ccc(-c2nc3ccc(C(=O)O)cc3s2)cc1. The standard InChI is InChI=1S/C16H13NO3S/c1-2-20-12-6-3-10(4-7-12)15-17-13-8-5-11(16(18)19)9-14(13)21-15/h3-9H,2H2,1H3,(H,18,19). The van der Waals surface area contributed by atoms with E-state index in [1.165, 1.54) is 11.3 Å². The second-order valence-corrected chi connectivity index (χ2v) is 5.49. The van der Waals surface area contributed by atoms with E-state index >= 15 is 0 Å². The van der Waals surface area contributed by atoms with E-state index in [4.69, 9.17) is 9.84 Å². The van der Waals surface area contributed by atoms with E-state index in [-0.39, 0.29) is 5.56 Å². The molecule has 0 fully saturated rings. The van der Waals surface area contributed by atoms with Crippen LogP contribution in [-0.2, 0) is 0 Å². The molecular formula is C16H13NO3S. The van der Waals surface area contributed by atoms with E-state index in [0.29, 0.717) is 6.61 Å². The summed E-state index contributed by atoms with van der Waals surface area (Å²) in [6.07, 6.45) is 0. The van der Waals surface area contributed by atoms with Gasteiger partial charge in [-0.15, -0.1) is 11.3 Å². The van der Waals surface area contributed by atoms with Crippen molar-refractivity contribution in [2.45, 2.75) is 6.92 Å². The molecule has 0 radical (unpaired) electrons. The number of carboxylic acids is 1. The number of thiazole rings is 1. The lowest BCUT2D eigenvalue weighted by atomic mass is 10.2. The van der Waals surface area contributed by atoms with E-state index in [9.17, 15) is 4.79 Å². The molecule has 0 amide bonds. The Morgan fingerprint density at radius 1 is 1.24 bits per heavy atom. The lowest BCUT2D eigenvalue weighted by Gasteiger charge is -2.02. The molecule has 0 spiro atoms. The third kappa shape index (κ3) is 2.73. The lowest BCUT2D eigenvalue weighted by molar-refractivity contribution is 0.0697. The molecule has 0 bridgehead atoms. The summed E-state index contributed by atoms with van der Waals surface area (Å²) in [5, 5.41) is 9.89. The minimum atomic E-state index is -0.923. The van der Waals surface area contributed by atoms with Crippen LogP contribution in [0.15, 0.2) is 42.5 Å². The van der Waals surface area contributed by atoms with Gasteiger partial charge in [-0.3, -0.25) is 0 Å². The molecule has 1 heterocycles. The van der Waals surface area contributed by atoms with Gasteiger partial charge < -0.3 is 9.84 Å². The maximum atomic E-state index is 11.0. The first kappa shape index (κ1) is 13.6. The Morgan fingerprint density at radius 3 is 2.67 bits per heavy atom. The first-order valence-corrected chi connectivity index (χ1v) is 7.36. The Morgan fingerprint density at radius 2 is 2.00 bits per heavy atom. The molecule has 0 aliphatic carbocycles. The Hall–Kier alpha value is -2.40. The average Bonchev–Trinajstić information content (AvgIpc) is 2.91. The van der Waals surface area contributed by atoms with Crippen molar-refractivity contribution in [2.75, 3.05) is 6.61 Å². The lowest BCUT2D eigenvalue weighted by Crippen LogP contribution is -1.94. The molecule has 1 N–H and O–H groups in total. The summed E-state index contributed by atoms with van der Waals surface area (Å²) >= 11 is 1.49. The van der Waals surface area contributed by atoms with Crippen LogP contribution in [0.3, 0.4) is 0 Å². The maximum Gasteiger partial charge on any atom is 0.335 e. The number of ether oxygens (including phenoxy) is 1. The van der Waals surface area contributed by atoms with Crippen molar-refractivity contribution >= 4 is 27.5 Å². The smallest absolute Gasteiger partial charge is 0.335 e. The quantitative estimate of drug-likeness (QED) is 0.789. The van der Waals surface area contributed by atoms with E-state index in [2.05, 4.69) is 4.98 Å². The summed E-state index contributed by atoms with van der Waals surface area (Å²) < 4.78 is 6.29. The number of rotatable bonds is 4. The second kappa shape index (κ2) is 5.54. The number of carbonyl (C=O) groups is 1.